The Bertz CT molecular complexity index is 1000. The summed E-state index contributed by atoms with van der Waals surface area (Å²) in [4.78, 5) is 3.54. The van der Waals surface area contributed by atoms with Crippen LogP contribution in [0.25, 0.3) is 11.1 Å². The zero-order valence-corrected chi connectivity index (χ0v) is 14.0. The smallest absolute Gasteiger partial charge is 0.417 e. The number of nitrogens with two attached hydrogens (primary N) is 1. The third-order valence-corrected chi connectivity index (χ3v) is 4.15. The van der Waals surface area contributed by atoms with Gasteiger partial charge in [0.05, 0.1) is 5.56 Å². The lowest BCUT2D eigenvalue weighted by Gasteiger charge is -2.16. The maximum absolute atomic E-state index is 14.6. The molecule has 0 aliphatic heterocycles. The molecule has 0 aliphatic carbocycles. The molecule has 3 aromatic rings. The number of aromatic nitrogens is 3. The third kappa shape index (κ3) is 4.06. The van der Waals surface area contributed by atoms with E-state index in [0.29, 0.717) is 6.07 Å². The molecule has 1 heterocycles. The van der Waals surface area contributed by atoms with Gasteiger partial charge in [0.25, 0.3) is 0 Å². The average Bonchev–Trinajstić information content (AvgIpc) is 2.98. The van der Waals surface area contributed by atoms with Crippen LogP contribution in [0, 0.1) is 5.82 Å². The molecule has 7 nitrogen and oxygen atoms in total. The van der Waals surface area contributed by atoms with Crippen molar-refractivity contribution in [3.05, 3.63) is 47.8 Å². The molecule has 0 bridgehead atoms. The molecule has 0 saturated carbocycles. The highest BCUT2D eigenvalue weighted by atomic mass is 32.2. The predicted octanol–water partition coefficient (Wildman–Crippen LogP) is 3.19. The van der Waals surface area contributed by atoms with E-state index in [4.69, 9.17) is 5.73 Å². The Morgan fingerprint density at radius 3 is 2.37 bits per heavy atom. The molecule has 142 valence electrons. The highest BCUT2D eigenvalue weighted by Gasteiger charge is 2.36. The third-order valence-electron chi connectivity index (χ3n) is 3.49. The molecule has 1 unspecified atom stereocenters. The number of anilines is 3. The zero-order valence-electron chi connectivity index (χ0n) is 13.2. The Morgan fingerprint density at radius 2 is 1.85 bits per heavy atom. The van der Waals surface area contributed by atoms with Crippen LogP contribution in [0.3, 0.4) is 0 Å². The monoisotopic (exact) mass is 400 g/mol. The predicted molar refractivity (Wildman–Crippen MR) is 88.1 cm³/mol. The van der Waals surface area contributed by atoms with Gasteiger partial charge in [0.1, 0.15) is 5.82 Å². The topological polar surface area (TPSA) is 120 Å². The number of aromatic amines is 1. The number of H-pyrrole nitrogens is 1. The van der Waals surface area contributed by atoms with Crippen LogP contribution in [0.5, 0.6) is 0 Å². The number of halogens is 4. The van der Waals surface area contributed by atoms with E-state index in [1.807, 2.05) is 0 Å². The van der Waals surface area contributed by atoms with Crippen molar-refractivity contribution in [3.63, 3.8) is 0 Å². The molecule has 1 atom stereocenters. The molecule has 0 saturated heterocycles. The first kappa shape index (κ1) is 18.8. The van der Waals surface area contributed by atoms with Crippen LogP contribution in [0.2, 0.25) is 0 Å². The van der Waals surface area contributed by atoms with E-state index < -0.39 is 34.2 Å². The number of benzene rings is 2. The van der Waals surface area contributed by atoms with Crippen molar-refractivity contribution in [1.29, 1.82) is 0 Å². The minimum atomic E-state index is -4.87. The van der Waals surface area contributed by atoms with Crippen LogP contribution in [0.15, 0.2) is 41.3 Å². The number of hydrogen-bond donors (Lipinski definition) is 3. The normalized spacial score (nSPS) is 12.8. The van der Waals surface area contributed by atoms with E-state index in [1.54, 1.807) is 0 Å². The first-order valence-electron chi connectivity index (χ1n) is 7.20. The number of alkyl halides is 3. The van der Waals surface area contributed by atoms with Crippen molar-refractivity contribution in [2.24, 2.45) is 0 Å². The number of nitrogen functional groups attached to an aromatic ring is 1. The molecule has 0 amide bonds. The van der Waals surface area contributed by atoms with Gasteiger partial charge in [-0.3, -0.25) is 4.21 Å². The number of nitrogens with one attached hydrogen (secondary N) is 2. The Hall–Kier alpha value is -2.99. The summed E-state index contributed by atoms with van der Waals surface area (Å²) in [7, 11) is 0. The summed E-state index contributed by atoms with van der Waals surface area (Å²) >= 11 is -2.55. The molecular formula is C15H10F4N5O2S-. The second-order valence-corrected chi connectivity index (χ2v) is 6.25. The van der Waals surface area contributed by atoms with Gasteiger partial charge >= 0.3 is 6.18 Å². The van der Waals surface area contributed by atoms with Crippen LogP contribution in [0.1, 0.15) is 5.56 Å². The van der Waals surface area contributed by atoms with Crippen LogP contribution in [-0.4, -0.2) is 23.9 Å². The Kier molecular flexibility index (Phi) is 4.85. The molecule has 3 rings (SSSR count). The molecule has 0 spiro atoms. The molecule has 0 fully saturated rings. The minimum absolute atomic E-state index is 0.0681. The first-order valence-corrected chi connectivity index (χ1v) is 8.28. The van der Waals surface area contributed by atoms with Crippen LogP contribution in [-0.2, 0) is 17.3 Å². The second-order valence-electron chi connectivity index (χ2n) is 5.31. The Morgan fingerprint density at radius 1 is 1.19 bits per heavy atom. The standard InChI is InChI=1S/C15H11F4N5O2S/c16-11-6-8(21-14-22-13(20)23-24-14)5-10(15(17,18)19)12(11)7-1-3-9(4-2-7)27(25)26/h1-6H,(H,25,26)(H4,20,21,22,23,24)/p-1. The van der Waals surface area contributed by atoms with Gasteiger partial charge in [-0.25, -0.2) is 9.49 Å². The molecule has 1 aromatic heterocycles. The summed E-state index contributed by atoms with van der Waals surface area (Å²) in [5, 5.41) is 8.32. The zero-order chi connectivity index (χ0) is 19.8. The quantitative estimate of drug-likeness (QED) is 0.457. The summed E-state index contributed by atoms with van der Waals surface area (Å²) in [6, 6.07) is 5.91. The minimum Gasteiger partial charge on any atom is -0.768 e. The van der Waals surface area contributed by atoms with Gasteiger partial charge in [-0.2, -0.15) is 18.2 Å². The van der Waals surface area contributed by atoms with E-state index in [0.717, 1.165) is 30.3 Å². The highest BCUT2D eigenvalue weighted by Crippen LogP contribution is 2.40. The summed E-state index contributed by atoms with van der Waals surface area (Å²) in [6.45, 7) is 0. The fraction of sp³-hybridized carbons (Fsp3) is 0.0667. The first-order chi connectivity index (χ1) is 12.6. The molecule has 4 N–H and O–H groups in total. The fourth-order valence-electron chi connectivity index (χ4n) is 2.39. The van der Waals surface area contributed by atoms with Gasteiger partial charge in [0.15, 0.2) is 0 Å². The molecule has 0 radical (unpaired) electrons. The van der Waals surface area contributed by atoms with E-state index in [-0.39, 0.29) is 28.0 Å². The highest BCUT2D eigenvalue weighted by molar-refractivity contribution is 7.79. The van der Waals surface area contributed by atoms with Crippen LogP contribution >= 0.6 is 0 Å². The number of nitrogens with zero attached hydrogens (tertiary/aromatic N) is 2. The summed E-state index contributed by atoms with van der Waals surface area (Å²) in [6.07, 6.45) is -4.87. The summed E-state index contributed by atoms with van der Waals surface area (Å²) in [5.74, 6) is -1.36. The van der Waals surface area contributed by atoms with Crippen LogP contribution in [0.4, 0.5) is 35.1 Å². The van der Waals surface area contributed by atoms with Gasteiger partial charge in [0, 0.05) is 16.1 Å². The maximum atomic E-state index is 14.6. The van der Waals surface area contributed by atoms with Crippen molar-refractivity contribution in [1.82, 2.24) is 15.2 Å². The molecule has 27 heavy (non-hydrogen) atoms. The molecule has 0 aliphatic rings. The lowest BCUT2D eigenvalue weighted by molar-refractivity contribution is -0.137. The van der Waals surface area contributed by atoms with E-state index in [1.165, 1.54) is 0 Å². The van der Waals surface area contributed by atoms with Crippen LogP contribution < -0.4 is 11.1 Å². The van der Waals surface area contributed by atoms with Crippen molar-refractivity contribution in [2.75, 3.05) is 11.1 Å². The second kappa shape index (κ2) is 6.96. The van der Waals surface area contributed by atoms with Gasteiger partial charge in [-0.15, -0.1) is 5.10 Å². The Labute approximate surface area is 151 Å². The molecule has 2 aromatic carbocycles. The average molecular weight is 400 g/mol. The fourth-order valence-corrected chi connectivity index (χ4v) is 2.75. The van der Waals surface area contributed by atoms with E-state index >= 15 is 0 Å². The molecule has 12 heteroatoms. The van der Waals surface area contributed by atoms with Gasteiger partial charge < -0.3 is 15.6 Å². The van der Waals surface area contributed by atoms with Gasteiger partial charge in [-0.1, -0.05) is 12.1 Å². The molecular weight excluding hydrogens is 390 g/mol. The van der Waals surface area contributed by atoms with E-state index in [2.05, 4.69) is 20.5 Å². The largest absolute Gasteiger partial charge is 0.768 e. The lowest BCUT2D eigenvalue weighted by atomic mass is 9.98. The number of hydrogen-bond acceptors (Lipinski definition) is 6. The summed E-state index contributed by atoms with van der Waals surface area (Å²) in [5.41, 5.74) is 3.02. The Balaban J connectivity index is 2.09. The SMILES string of the molecule is Nc1nc(Nc2cc(F)c(-c3ccc(S(=O)[O-])cc3)c(C(F)(F)F)c2)n[nH]1. The van der Waals surface area contributed by atoms with Crippen molar-refractivity contribution < 1.29 is 26.3 Å². The van der Waals surface area contributed by atoms with Crippen molar-refractivity contribution in [2.45, 2.75) is 11.1 Å². The lowest BCUT2D eigenvalue weighted by Crippen LogP contribution is -2.10. The van der Waals surface area contributed by atoms with Crippen molar-refractivity contribution in [3.8, 4) is 11.1 Å². The maximum Gasteiger partial charge on any atom is 0.417 e. The van der Waals surface area contributed by atoms with Crippen molar-refractivity contribution >= 4 is 28.7 Å². The number of rotatable bonds is 4. The summed E-state index contributed by atoms with van der Waals surface area (Å²) < 4.78 is 76.8. The van der Waals surface area contributed by atoms with Gasteiger partial charge in [-0.05, 0) is 40.9 Å². The van der Waals surface area contributed by atoms with E-state index in [9.17, 15) is 26.3 Å². The van der Waals surface area contributed by atoms with Gasteiger partial charge in [0.2, 0.25) is 11.9 Å².